The molecule has 110 valence electrons. The molecule has 0 saturated carbocycles. The van der Waals surface area contributed by atoms with E-state index < -0.39 is 0 Å². The molecule has 5 nitrogen and oxygen atoms in total. The van der Waals surface area contributed by atoms with Crippen molar-refractivity contribution in [2.24, 2.45) is 0 Å². The number of aryl methyl sites for hydroxylation is 1. The quantitative estimate of drug-likeness (QED) is 0.542. The molecule has 0 radical (unpaired) electrons. The van der Waals surface area contributed by atoms with Crippen LogP contribution >= 0.6 is 0 Å². The SMILES string of the molecule is Cc1cn(Cc2ccccc2[N+](=O)[O-])c(-c2ccccc2)n1. The Bertz CT molecular complexity index is 810. The van der Waals surface area contributed by atoms with E-state index in [9.17, 15) is 10.1 Å². The summed E-state index contributed by atoms with van der Waals surface area (Å²) < 4.78 is 1.95. The zero-order chi connectivity index (χ0) is 15.5. The van der Waals surface area contributed by atoms with E-state index >= 15 is 0 Å². The van der Waals surface area contributed by atoms with Gasteiger partial charge in [0.1, 0.15) is 5.82 Å². The lowest BCUT2D eigenvalue weighted by Gasteiger charge is -2.08. The molecule has 3 aromatic rings. The summed E-state index contributed by atoms with van der Waals surface area (Å²) in [7, 11) is 0. The van der Waals surface area contributed by atoms with Crippen LogP contribution in [0.1, 0.15) is 11.3 Å². The van der Waals surface area contributed by atoms with Gasteiger partial charge in [0.25, 0.3) is 5.69 Å². The van der Waals surface area contributed by atoms with Gasteiger partial charge in [0, 0.05) is 23.4 Å². The fourth-order valence-electron chi connectivity index (χ4n) is 2.49. The maximum absolute atomic E-state index is 11.2. The summed E-state index contributed by atoms with van der Waals surface area (Å²) in [5.74, 6) is 0.816. The first-order valence-electron chi connectivity index (χ1n) is 6.96. The molecule has 0 fully saturated rings. The third-order valence-corrected chi connectivity index (χ3v) is 3.46. The van der Waals surface area contributed by atoms with Crippen LogP contribution in [0.5, 0.6) is 0 Å². The van der Waals surface area contributed by atoms with Gasteiger partial charge in [-0.15, -0.1) is 0 Å². The van der Waals surface area contributed by atoms with E-state index in [2.05, 4.69) is 4.98 Å². The standard InChI is InChI=1S/C17H15N3O2/c1-13-11-19(17(18-13)14-7-3-2-4-8-14)12-15-9-5-6-10-16(15)20(21)22/h2-11H,12H2,1H3. The highest BCUT2D eigenvalue weighted by Crippen LogP contribution is 2.23. The number of hydrogen-bond donors (Lipinski definition) is 0. The number of imidazole rings is 1. The van der Waals surface area contributed by atoms with Crippen LogP contribution in [-0.4, -0.2) is 14.5 Å². The molecule has 5 heteroatoms. The third kappa shape index (κ3) is 2.74. The Morgan fingerprint density at radius 3 is 2.50 bits per heavy atom. The molecule has 0 unspecified atom stereocenters. The number of benzene rings is 2. The normalized spacial score (nSPS) is 10.6. The van der Waals surface area contributed by atoms with Crippen LogP contribution in [0.3, 0.4) is 0 Å². The van der Waals surface area contributed by atoms with Gasteiger partial charge in [0.2, 0.25) is 0 Å². The molecular weight excluding hydrogens is 278 g/mol. The molecule has 0 bridgehead atoms. The van der Waals surface area contributed by atoms with Crippen molar-refractivity contribution in [3.63, 3.8) is 0 Å². The lowest BCUT2D eigenvalue weighted by molar-refractivity contribution is -0.385. The summed E-state index contributed by atoms with van der Waals surface area (Å²) in [6, 6.07) is 16.6. The fraction of sp³-hybridized carbons (Fsp3) is 0.118. The van der Waals surface area contributed by atoms with Crippen molar-refractivity contribution >= 4 is 5.69 Å². The van der Waals surface area contributed by atoms with Gasteiger partial charge in [-0.25, -0.2) is 4.98 Å². The van der Waals surface area contributed by atoms with Crippen molar-refractivity contribution in [1.82, 2.24) is 9.55 Å². The van der Waals surface area contributed by atoms with Crippen LogP contribution in [0.4, 0.5) is 5.69 Å². The topological polar surface area (TPSA) is 61.0 Å². The predicted molar refractivity (Wildman–Crippen MR) is 84.6 cm³/mol. The van der Waals surface area contributed by atoms with Crippen LogP contribution in [0, 0.1) is 17.0 Å². The van der Waals surface area contributed by atoms with E-state index in [1.54, 1.807) is 12.1 Å². The van der Waals surface area contributed by atoms with Crippen LogP contribution in [-0.2, 0) is 6.54 Å². The second kappa shape index (κ2) is 5.81. The molecular formula is C17H15N3O2. The van der Waals surface area contributed by atoms with E-state index in [4.69, 9.17) is 0 Å². The Kier molecular flexibility index (Phi) is 3.70. The zero-order valence-electron chi connectivity index (χ0n) is 12.1. The molecule has 3 rings (SSSR count). The maximum Gasteiger partial charge on any atom is 0.274 e. The van der Waals surface area contributed by atoms with Gasteiger partial charge in [-0.1, -0.05) is 48.5 Å². The van der Waals surface area contributed by atoms with Crippen molar-refractivity contribution < 1.29 is 4.92 Å². The van der Waals surface area contributed by atoms with E-state index in [1.807, 2.05) is 54.1 Å². The van der Waals surface area contributed by atoms with Crippen LogP contribution < -0.4 is 0 Å². The second-order valence-corrected chi connectivity index (χ2v) is 5.09. The number of para-hydroxylation sites is 1. The van der Waals surface area contributed by atoms with Crippen LogP contribution in [0.15, 0.2) is 60.8 Å². The first-order valence-corrected chi connectivity index (χ1v) is 6.96. The first-order chi connectivity index (χ1) is 10.6. The largest absolute Gasteiger partial charge is 0.326 e. The Hall–Kier alpha value is -2.95. The highest BCUT2D eigenvalue weighted by molar-refractivity contribution is 5.56. The minimum atomic E-state index is -0.346. The Morgan fingerprint density at radius 1 is 1.09 bits per heavy atom. The fourth-order valence-corrected chi connectivity index (χ4v) is 2.49. The summed E-state index contributed by atoms with van der Waals surface area (Å²) >= 11 is 0. The molecule has 0 spiro atoms. The molecule has 0 saturated heterocycles. The van der Waals surface area contributed by atoms with Gasteiger partial charge in [-0.2, -0.15) is 0 Å². The van der Waals surface area contributed by atoms with Gasteiger partial charge in [0.15, 0.2) is 0 Å². The van der Waals surface area contributed by atoms with E-state index in [0.29, 0.717) is 12.1 Å². The molecule has 0 aliphatic heterocycles. The van der Waals surface area contributed by atoms with Crippen LogP contribution in [0.25, 0.3) is 11.4 Å². The van der Waals surface area contributed by atoms with Crippen molar-refractivity contribution in [2.45, 2.75) is 13.5 Å². The highest BCUT2D eigenvalue weighted by Gasteiger charge is 2.15. The van der Waals surface area contributed by atoms with Crippen molar-refractivity contribution in [3.8, 4) is 11.4 Å². The molecule has 2 aromatic carbocycles. The molecule has 0 amide bonds. The molecule has 0 aliphatic rings. The number of rotatable bonds is 4. The zero-order valence-corrected chi connectivity index (χ0v) is 12.1. The van der Waals surface area contributed by atoms with Gasteiger partial charge >= 0.3 is 0 Å². The lowest BCUT2D eigenvalue weighted by Crippen LogP contribution is -2.04. The summed E-state index contributed by atoms with van der Waals surface area (Å²) in [5, 5.41) is 11.2. The number of nitro groups is 1. The van der Waals surface area contributed by atoms with Gasteiger partial charge in [-0.3, -0.25) is 10.1 Å². The molecule has 1 aromatic heterocycles. The first kappa shape index (κ1) is 14.0. The van der Waals surface area contributed by atoms with E-state index in [0.717, 1.165) is 17.1 Å². The summed E-state index contributed by atoms with van der Waals surface area (Å²) in [4.78, 5) is 15.4. The summed E-state index contributed by atoms with van der Waals surface area (Å²) in [6.45, 7) is 2.34. The van der Waals surface area contributed by atoms with E-state index in [1.165, 1.54) is 6.07 Å². The van der Waals surface area contributed by atoms with E-state index in [-0.39, 0.29) is 10.6 Å². The highest BCUT2D eigenvalue weighted by atomic mass is 16.6. The predicted octanol–water partition coefficient (Wildman–Crippen LogP) is 3.82. The summed E-state index contributed by atoms with van der Waals surface area (Å²) in [6.07, 6.45) is 1.92. The summed E-state index contributed by atoms with van der Waals surface area (Å²) in [5.41, 5.74) is 2.68. The molecule has 22 heavy (non-hydrogen) atoms. The minimum Gasteiger partial charge on any atom is -0.326 e. The molecule has 0 atom stereocenters. The monoisotopic (exact) mass is 293 g/mol. The van der Waals surface area contributed by atoms with Crippen LogP contribution in [0.2, 0.25) is 0 Å². The average Bonchev–Trinajstić information content (AvgIpc) is 2.89. The smallest absolute Gasteiger partial charge is 0.274 e. The Morgan fingerprint density at radius 2 is 1.77 bits per heavy atom. The van der Waals surface area contributed by atoms with Crippen molar-refractivity contribution in [3.05, 3.63) is 82.2 Å². The minimum absolute atomic E-state index is 0.132. The number of nitrogens with zero attached hydrogens (tertiary/aromatic N) is 3. The van der Waals surface area contributed by atoms with Crippen molar-refractivity contribution in [2.75, 3.05) is 0 Å². The average molecular weight is 293 g/mol. The maximum atomic E-state index is 11.2. The molecule has 0 aliphatic carbocycles. The Balaban J connectivity index is 2.03. The number of nitro benzene ring substituents is 1. The van der Waals surface area contributed by atoms with Gasteiger partial charge in [0.05, 0.1) is 17.2 Å². The van der Waals surface area contributed by atoms with Crippen molar-refractivity contribution in [1.29, 1.82) is 0 Å². The molecule has 0 N–H and O–H groups in total. The van der Waals surface area contributed by atoms with Gasteiger partial charge in [-0.05, 0) is 6.92 Å². The Labute approximate surface area is 128 Å². The second-order valence-electron chi connectivity index (χ2n) is 5.09. The van der Waals surface area contributed by atoms with Gasteiger partial charge < -0.3 is 4.57 Å². The number of aromatic nitrogens is 2. The third-order valence-electron chi connectivity index (χ3n) is 3.46. The lowest BCUT2D eigenvalue weighted by atomic mass is 10.1. The number of hydrogen-bond acceptors (Lipinski definition) is 3. The molecule has 1 heterocycles.